The first-order valence-corrected chi connectivity index (χ1v) is 7.39. The summed E-state index contributed by atoms with van der Waals surface area (Å²) in [5.41, 5.74) is 0.795. The third-order valence-electron chi connectivity index (χ3n) is 3.80. The van der Waals surface area contributed by atoms with Crippen molar-refractivity contribution in [2.45, 2.75) is 32.7 Å². The van der Waals surface area contributed by atoms with E-state index in [0.717, 1.165) is 22.5 Å². The lowest BCUT2D eigenvalue weighted by Gasteiger charge is -2.36. The molecule has 2 atom stereocenters. The van der Waals surface area contributed by atoms with Crippen molar-refractivity contribution in [3.63, 3.8) is 0 Å². The maximum Gasteiger partial charge on any atom is 0.177 e. The van der Waals surface area contributed by atoms with E-state index in [1.165, 1.54) is 12.8 Å². The molecule has 0 spiro atoms. The summed E-state index contributed by atoms with van der Waals surface area (Å²) in [5.74, 6) is 0.999. The molecule has 0 N–H and O–H groups in total. The molecule has 1 fully saturated rings. The van der Waals surface area contributed by atoms with Crippen LogP contribution in [0.1, 0.15) is 37.0 Å². The zero-order valence-electron chi connectivity index (χ0n) is 11.0. The van der Waals surface area contributed by atoms with Gasteiger partial charge in [0.05, 0.1) is 6.54 Å². The number of halogens is 1. The molecule has 1 aliphatic heterocycles. The van der Waals surface area contributed by atoms with Crippen molar-refractivity contribution in [3.8, 4) is 0 Å². The van der Waals surface area contributed by atoms with Crippen molar-refractivity contribution < 1.29 is 4.79 Å². The highest BCUT2D eigenvalue weighted by molar-refractivity contribution is 9.10. The molecule has 2 unspecified atom stereocenters. The molecule has 0 amide bonds. The molecule has 1 aromatic rings. The maximum atomic E-state index is 12.3. The molecule has 0 aliphatic carbocycles. The van der Waals surface area contributed by atoms with Crippen LogP contribution in [-0.2, 0) is 0 Å². The van der Waals surface area contributed by atoms with Crippen molar-refractivity contribution in [3.05, 3.63) is 34.3 Å². The summed E-state index contributed by atoms with van der Waals surface area (Å²) in [5, 5.41) is 0. The first-order valence-electron chi connectivity index (χ1n) is 6.59. The number of Topliss-reactive ketones (excluding diaryl/α,β-unsaturated/α-hetero) is 1. The van der Waals surface area contributed by atoms with Gasteiger partial charge in [-0.15, -0.1) is 0 Å². The SMILES string of the molecule is CC1CCN(CC(=O)c2ccccc2Br)C(C)C1. The Morgan fingerprint density at radius 2 is 2.11 bits per heavy atom. The minimum Gasteiger partial charge on any atom is -0.293 e. The lowest BCUT2D eigenvalue weighted by Crippen LogP contribution is -2.43. The second kappa shape index (κ2) is 5.98. The van der Waals surface area contributed by atoms with Crippen LogP contribution >= 0.6 is 15.9 Å². The molecule has 0 radical (unpaired) electrons. The zero-order valence-corrected chi connectivity index (χ0v) is 12.6. The molecule has 1 heterocycles. The summed E-state index contributed by atoms with van der Waals surface area (Å²) in [7, 11) is 0. The molecule has 0 aromatic heterocycles. The Hall–Kier alpha value is -0.670. The molecule has 98 valence electrons. The van der Waals surface area contributed by atoms with Crippen LogP contribution in [0.25, 0.3) is 0 Å². The van der Waals surface area contributed by atoms with Crippen LogP contribution in [0, 0.1) is 5.92 Å². The first-order chi connectivity index (χ1) is 8.58. The monoisotopic (exact) mass is 309 g/mol. The number of benzene rings is 1. The van der Waals surface area contributed by atoms with Gasteiger partial charge in [0.1, 0.15) is 0 Å². The Morgan fingerprint density at radius 1 is 1.39 bits per heavy atom. The normalized spacial score (nSPS) is 25.1. The summed E-state index contributed by atoms with van der Waals surface area (Å²) in [4.78, 5) is 14.6. The topological polar surface area (TPSA) is 20.3 Å². The van der Waals surface area contributed by atoms with Gasteiger partial charge in [0.15, 0.2) is 5.78 Å². The van der Waals surface area contributed by atoms with Crippen molar-refractivity contribution >= 4 is 21.7 Å². The molecular weight excluding hydrogens is 290 g/mol. The van der Waals surface area contributed by atoms with E-state index in [2.05, 4.69) is 34.7 Å². The highest BCUT2D eigenvalue weighted by atomic mass is 79.9. The Balaban J connectivity index is 2.02. The number of carbonyl (C=O) groups is 1. The molecule has 2 nitrogen and oxygen atoms in total. The number of carbonyl (C=O) groups excluding carboxylic acids is 1. The Morgan fingerprint density at radius 3 is 2.78 bits per heavy atom. The number of ketones is 1. The molecule has 1 aromatic carbocycles. The third-order valence-corrected chi connectivity index (χ3v) is 4.49. The van der Waals surface area contributed by atoms with Crippen LogP contribution in [0.5, 0.6) is 0 Å². The summed E-state index contributed by atoms with van der Waals surface area (Å²) >= 11 is 3.45. The lowest BCUT2D eigenvalue weighted by molar-refractivity contribution is 0.0815. The van der Waals surface area contributed by atoms with E-state index in [1.807, 2.05) is 24.3 Å². The number of likely N-dealkylation sites (tertiary alicyclic amines) is 1. The summed E-state index contributed by atoms with van der Waals surface area (Å²) in [6.07, 6.45) is 2.40. The molecule has 1 aliphatic rings. The van der Waals surface area contributed by atoms with E-state index in [1.54, 1.807) is 0 Å². The molecule has 3 heteroatoms. The van der Waals surface area contributed by atoms with Gasteiger partial charge in [0.25, 0.3) is 0 Å². The van der Waals surface area contributed by atoms with E-state index in [9.17, 15) is 4.79 Å². The highest BCUT2D eigenvalue weighted by Gasteiger charge is 2.25. The second-order valence-electron chi connectivity index (χ2n) is 5.35. The zero-order chi connectivity index (χ0) is 13.1. The van der Waals surface area contributed by atoms with E-state index < -0.39 is 0 Å². The average molecular weight is 310 g/mol. The largest absolute Gasteiger partial charge is 0.293 e. The van der Waals surface area contributed by atoms with Crippen molar-refractivity contribution in [2.24, 2.45) is 5.92 Å². The highest BCUT2D eigenvalue weighted by Crippen LogP contribution is 2.23. The number of hydrogen-bond acceptors (Lipinski definition) is 2. The van der Waals surface area contributed by atoms with Gasteiger partial charge in [0, 0.05) is 16.1 Å². The van der Waals surface area contributed by atoms with Gasteiger partial charge in [-0.2, -0.15) is 0 Å². The van der Waals surface area contributed by atoms with Crippen LogP contribution in [0.3, 0.4) is 0 Å². The van der Waals surface area contributed by atoms with Crippen LogP contribution in [0.2, 0.25) is 0 Å². The number of nitrogens with zero attached hydrogens (tertiary/aromatic N) is 1. The number of hydrogen-bond donors (Lipinski definition) is 0. The van der Waals surface area contributed by atoms with Crippen LogP contribution < -0.4 is 0 Å². The fourth-order valence-corrected chi connectivity index (χ4v) is 3.15. The minimum absolute atomic E-state index is 0.212. The second-order valence-corrected chi connectivity index (χ2v) is 6.21. The van der Waals surface area contributed by atoms with E-state index in [4.69, 9.17) is 0 Å². The fraction of sp³-hybridized carbons (Fsp3) is 0.533. The molecule has 0 saturated carbocycles. The van der Waals surface area contributed by atoms with Crippen LogP contribution in [0.15, 0.2) is 28.7 Å². The maximum absolute atomic E-state index is 12.3. The van der Waals surface area contributed by atoms with Crippen LogP contribution in [0.4, 0.5) is 0 Å². The van der Waals surface area contributed by atoms with Gasteiger partial charge < -0.3 is 0 Å². The molecule has 1 saturated heterocycles. The molecule has 0 bridgehead atoms. The van der Waals surface area contributed by atoms with Gasteiger partial charge in [-0.3, -0.25) is 9.69 Å². The Labute approximate surface area is 117 Å². The number of piperidine rings is 1. The van der Waals surface area contributed by atoms with E-state index in [0.29, 0.717) is 12.6 Å². The van der Waals surface area contributed by atoms with Gasteiger partial charge in [-0.1, -0.05) is 41.1 Å². The van der Waals surface area contributed by atoms with Crippen molar-refractivity contribution in [1.82, 2.24) is 4.90 Å². The van der Waals surface area contributed by atoms with Crippen molar-refractivity contribution in [1.29, 1.82) is 0 Å². The standard InChI is InChI=1S/C15H20BrNO/c1-11-7-8-17(12(2)9-11)10-15(18)13-5-3-4-6-14(13)16/h3-6,11-12H,7-10H2,1-2H3. The minimum atomic E-state index is 0.212. The summed E-state index contributed by atoms with van der Waals surface area (Å²) in [6.45, 7) is 6.10. The molecule has 18 heavy (non-hydrogen) atoms. The Bertz CT molecular complexity index is 432. The van der Waals surface area contributed by atoms with Gasteiger partial charge in [0.2, 0.25) is 0 Å². The third kappa shape index (κ3) is 3.21. The first kappa shape index (κ1) is 13.8. The molecule has 2 rings (SSSR count). The predicted octanol–water partition coefficient (Wildman–Crippen LogP) is 3.75. The number of rotatable bonds is 3. The Kier molecular flexibility index (Phi) is 4.57. The quantitative estimate of drug-likeness (QED) is 0.793. The predicted molar refractivity (Wildman–Crippen MR) is 77.9 cm³/mol. The van der Waals surface area contributed by atoms with Crippen LogP contribution in [-0.4, -0.2) is 29.8 Å². The lowest BCUT2D eigenvalue weighted by atomic mass is 9.93. The summed E-state index contributed by atoms with van der Waals surface area (Å²) in [6, 6.07) is 8.19. The summed E-state index contributed by atoms with van der Waals surface area (Å²) < 4.78 is 0.896. The van der Waals surface area contributed by atoms with E-state index >= 15 is 0 Å². The van der Waals surface area contributed by atoms with E-state index in [-0.39, 0.29) is 5.78 Å². The fourth-order valence-electron chi connectivity index (χ4n) is 2.65. The van der Waals surface area contributed by atoms with Gasteiger partial charge in [-0.25, -0.2) is 0 Å². The molecular formula is C15H20BrNO. The van der Waals surface area contributed by atoms with Gasteiger partial charge in [-0.05, 0) is 38.3 Å². The van der Waals surface area contributed by atoms with Crippen molar-refractivity contribution in [2.75, 3.05) is 13.1 Å². The average Bonchev–Trinajstić information content (AvgIpc) is 2.33. The van der Waals surface area contributed by atoms with Gasteiger partial charge >= 0.3 is 0 Å². The smallest absolute Gasteiger partial charge is 0.177 e.